The molecule has 8 heteroatoms. The molecule has 0 fully saturated rings. The van der Waals surface area contributed by atoms with Gasteiger partial charge in [0.15, 0.2) is 0 Å². The fraction of sp³-hybridized carbons (Fsp3) is 0.379. The van der Waals surface area contributed by atoms with Crippen LogP contribution in [0.2, 0.25) is 0 Å². The molecular weight excluding hydrogens is 476 g/mol. The summed E-state index contributed by atoms with van der Waals surface area (Å²) in [6, 6.07) is 14.3. The highest BCUT2D eigenvalue weighted by atomic mass is 16.7. The molecule has 0 radical (unpaired) electrons. The Morgan fingerprint density at radius 2 is 1.03 bits per heavy atom. The van der Waals surface area contributed by atoms with Crippen molar-refractivity contribution in [3.63, 3.8) is 0 Å². The SMILES string of the molecule is C=C(C)C(=O)OC(C)Oc1ccc(C(OCC)(OCC)c2ccc(OC(C)OC(=O)C(=C)C)cc2)cc1. The molecular formula is C29H36O8. The summed E-state index contributed by atoms with van der Waals surface area (Å²) in [5, 5.41) is 0. The minimum absolute atomic E-state index is 0.294. The normalized spacial score (nSPS) is 12.7. The van der Waals surface area contributed by atoms with Crippen molar-refractivity contribution in [3.05, 3.63) is 84.0 Å². The van der Waals surface area contributed by atoms with Gasteiger partial charge in [-0.1, -0.05) is 13.2 Å². The molecule has 0 saturated heterocycles. The summed E-state index contributed by atoms with van der Waals surface area (Å²) in [4.78, 5) is 23.4. The van der Waals surface area contributed by atoms with Crippen LogP contribution in [0.15, 0.2) is 72.8 Å². The molecule has 0 aromatic heterocycles. The highest BCUT2D eigenvalue weighted by Crippen LogP contribution is 2.37. The fourth-order valence-electron chi connectivity index (χ4n) is 3.39. The molecule has 0 heterocycles. The van der Waals surface area contributed by atoms with Gasteiger partial charge in [0.25, 0.3) is 0 Å². The van der Waals surface area contributed by atoms with Crippen LogP contribution in [-0.2, 0) is 34.3 Å². The van der Waals surface area contributed by atoms with E-state index in [0.29, 0.717) is 35.9 Å². The van der Waals surface area contributed by atoms with Crippen LogP contribution in [0, 0.1) is 0 Å². The van der Waals surface area contributed by atoms with Gasteiger partial charge in [0.1, 0.15) is 11.5 Å². The summed E-state index contributed by atoms with van der Waals surface area (Å²) in [7, 11) is 0. The number of hydrogen-bond donors (Lipinski definition) is 0. The molecule has 0 N–H and O–H groups in total. The molecule has 0 aliphatic rings. The van der Waals surface area contributed by atoms with Crippen LogP contribution in [0.1, 0.15) is 52.7 Å². The van der Waals surface area contributed by atoms with Crippen molar-refractivity contribution >= 4 is 11.9 Å². The predicted octanol–water partition coefficient (Wildman–Crippen LogP) is 5.65. The van der Waals surface area contributed by atoms with Crippen molar-refractivity contribution in [1.82, 2.24) is 0 Å². The van der Waals surface area contributed by atoms with E-state index in [2.05, 4.69) is 13.2 Å². The molecule has 0 saturated carbocycles. The zero-order chi connectivity index (χ0) is 27.6. The molecule has 2 aromatic rings. The second-order valence-corrected chi connectivity index (χ2v) is 8.27. The first-order valence-electron chi connectivity index (χ1n) is 12.1. The average molecular weight is 513 g/mol. The number of esters is 2. The van der Waals surface area contributed by atoms with Gasteiger partial charge in [0.2, 0.25) is 18.4 Å². The van der Waals surface area contributed by atoms with Crippen LogP contribution in [0.5, 0.6) is 11.5 Å². The topological polar surface area (TPSA) is 89.5 Å². The molecule has 2 unspecified atom stereocenters. The quantitative estimate of drug-likeness (QED) is 0.182. The lowest BCUT2D eigenvalue weighted by Crippen LogP contribution is -2.35. The highest BCUT2D eigenvalue weighted by Gasteiger charge is 2.36. The smallest absolute Gasteiger partial charge is 0.336 e. The molecule has 0 spiro atoms. The largest absolute Gasteiger partial charge is 0.455 e. The van der Waals surface area contributed by atoms with E-state index in [1.54, 1.807) is 52.0 Å². The molecule has 0 bridgehead atoms. The van der Waals surface area contributed by atoms with E-state index in [9.17, 15) is 9.59 Å². The van der Waals surface area contributed by atoms with E-state index >= 15 is 0 Å². The van der Waals surface area contributed by atoms with Crippen molar-refractivity contribution in [2.45, 2.75) is 59.9 Å². The van der Waals surface area contributed by atoms with Crippen LogP contribution in [0.4, 0.5) is 0 Å². The molecule has 200 valence electrons. The van der Waals surface area contributed by atoms with Crippen molar-refractivity contribution in [3.8, 4) is 11.5 Å². The Morgan fingerprint density at radius 3 is 1.30 bits per heavy atom. The van der Waals surface area contributed by atoms with Gasteiger partial charge in [-0.2, -0.15) is 0 Å². The number of benzene rings is 2. The first-order valence-corrected chi connectivity index (χ1v) is 12.1. The Morgan fingerprint density at radius 1 is 0.703 bits per heavy atom. The Labute approximate surface area is 218 Å². The molecule has 0 aliphatic heterocycles. The van der Waals surface area contributed by atoms with Crippen LogP contribution in [0.25, 0.3) is 0 Å². The van der Waals surface area contributed by atoms with E-state index in [1.165, 1.54) is 0 Å². The van der Waals surface area contributed by atoms with Gasteiger partial charge in [-0.25, -0.2) is 9.59 Å². The Bertz CT molecular complexity index is 985. The third-order valence-corrected chi connectivity index (χ3v) is 5.01. The van der Waals surface area contributed by atoms with Gasteiger partial charge in [-0.3, -0.25) is 0 Å². The van der Waals surface area contributed by atoms with Gasteiger partial charge in [0, 0.05) is 49.3 Å². The molecule has 0 amide bonds. The van der Waals surface area contributed by atoms with Crippen molar-refractivity contribution in [2.24, 2.45) is 0 Å². The minimum atomic E-state index is -1.18. The average Bonchev–Trinajstić information content (AvgIpc) is 2.84. The lowest BCUT2D eigenvalue weighted by atomic mass is 9.96. The number of carbonyl (C=O) groups is 2. The fourth-order valence-corrected chi connectivity index (χ4v) is 3.39. The maximum absolute atomic E-state index is 11.7. The van der Waals surface area contributed by atoms with E-state index < -0.39 is 30.3 Å². The number of rotatable bonds is 14. The van der Waals surface area contributed by atoms with Crippen LogP contribution < -0.4 is 9.47 Å². The van der Waals surface area contributed by atoms with Gasteiger partial charge >= 0.3 is 11.9 Å². The summed E-state index contributed by atoms with van der Waals surface area (Å²) in [6.07, 6.45) is -1.58. The van der Waals surface area contributed by atoms with Crippen LogP contribution in [0.3, 0.4) is 0 Å². The maximum atomic E-state index is 11.7. The number of ether oxygens (including phenoxy) is 6. The van der Waals surface area contributed by atoms with Crippen molar-refractivity contribution in [1.29, 1.82) is 0 Å². The van der Waals surface area contributed by atoms with Gasteiger partial charge in [0.05, 0.1) is 0 Å². The molecule has 2 rings (SSSR count). The maximum Gasteiger partial charge on any atom is 0.336 e. The Balaban J connectivity index is 2.26. The van der Waals surface area contributed by atoms with Crippen molar-refractivity contribution < 1.29 is 38.0 Å². The summed E-state index contributed by atoms with van der Waals surface area (Å²) < 4.78 is 34.1. The molecule has 2 aromatic carbocycles. The lowest BCUT2D eigenvalue weighted by Gasteiger charge is -2.34. The number of hydrogen-bond acceptors (Lipinski definition) is 8. The van der Waals surface area contributed by atoms with E-state index in [-0.39, 0.29) is 0 Å². The van der Waals surface area contributed by atoms with E-state index in [1.807, 2.05) is 38.1 Å². The highest BCUT2D eigenvalue weighted by molar-refractivity contribution is 5.87. The van der Waals surface area contributed by atoms with Crippen LogP contribution >= 0.6 is 0 Å². The standard InChI is InChI=1S/C29H36O8/c1-9-32-29(33-10-2,23-11-15-25(16-12-23)34-21(7)36-27(30)19(3)4)24-13-17-26(18-14-24)35-22(8)37-28(31)20(5)6/h11-18,21-22H,3,5,9-10H2,1-2,4,6-8H3. The van der Waals surface area contributed by atoms with Gasteiger partial charge < -0.3 is 28.4 Å². The monoisotopic (exact) mass is 512 g/mol. The van der Waals surface area contributed by atoms with E-state index in [4.69, 9.17) is 28.4 Å². The molecule has 0 aliphatic carbocycles. The lowest BCUT2D eigenvalue weighted by molar-refractivity contribution is -0.213. The minimum Gasteiger partial charge on any atom is -0.455 e. The molecule has 2 atom stereocenters. The number of carbonyl (C=O) groups excluding carboxylic acids is 2. The summed E-state index contributed by atoms with van der Waals surface area (Å²) in [5.41, 5.74) is 2.07. The third-order valence-electron chi connectivity index (χ3n) is 5.01. The van der Waals surface area contributed by atoms with Gasteiger partial charge in [-0.15, -0.1) is 0 Å². The van der Waals surface area contributed by atoms with E-state index in [0.717, 1.165) is 11.1 Å². The van der Waals surface area contributed by atoms with Gasteiger partial charge in [-0.05, 0) is 76.2 Å². The Hall–Kier alpha value is -3.62. The van der Waals surface area contributed by atoms with Crippen molar-refractivity contribution in [2.75, 3.05) is 13.2 Å². The Kier molecular flexibility index (Phi) is 10.9. The second-order valence-electron chi connectivity index (χ2n) is 8.27. The summed E-state index contributed by atoms with van der Waals surface area (Å²) in [6.45, 7) is 18.1. The first kappa shape index (κ1) is 29.6. The second kappa shape index (κ2) is 13.6. The summed E-state index contributed by atoms with van der Waals surface area (Å²) >= 11 is 0. The molecule has 37 heavy (non-hydrogen) atoms. The molecule has 8 nitrogen and oxygen atoms in total. The summed E-state index contributed by atoms with van der Waals surface area (Å²) in [5.74, 6) is -1.21. The first-order chi connectivity index (χ1) is 17.5. The predicted molar refractivity (Wildman–Crippen MR) is 139 cm³/mol. The third kappa shape index (κ3) is 8.20. The zero-order valence-corrected chi connectivity index (χ0v) is 22.4. The zero-order valence-electron chi connectivity index (χ0n) is 22.4. The van der Waals surface area contributed by atoms with Crippen LogP contribution in [-0.4, -0.2) is 37.7 Å².